The van der Waals surface area contributed by atoms with Crippen LogP contribution >= 0.6 is 0 Å². The summed E-state index contributed by atoms with van der Waals surface area (Å²) in [5.74, 6) is -2.08. The van der Waals surface area contributed by atoms with E-state index in [1.54, 1.807) is 6.92 Å². The Kier molecular flexibility index (Phi) is 9.84. The number of rotatable bonds is 12. The highest BCUT2D eigenvalue weighted by atomic mass is 16.5. The lowest BCUT2D eigenvalue weighted by Crippen LogP contribution is -2.39. The Labute approximate surface area is 206 Å². The number of allylic oxidation sites excluding steroid dienone is 2. The van der Waals surface area contributed by atoms with Crippen molar-refractivity contribution in [2.24, 2.45) is 5.92 Å². The summed E-state index contributed by atoms with van der Waals surface area (Å²) in [6.07, 6.45) is 8.66. The van der Waals surface area contributed by atoms with E-state index in [0.717, 1.165) is 35.1 Å². The number of nitrogens with one attached hydrogen (secondary N) is 1. The number of amides is 1. The van der Waals surface area contributed by atoms with Crippen LogP contribution in [0.25, 0.3) is 11.1 Å². The zero-order valence-electron chi connectivity index (χ0n) is 20.1. The van der Waals surface area contributed by atoms with Crippen LogP contribution in [0.15, 0.2) is 78.4 Å². The minimum absolute atomic E-state index is 0.0991. The normalized spacial score (nSPS) is 14.5. The molecule has 0 unspecified atom stereocenters. The van der Waals surface area contributed by atoms with E-state index in [2.05, 4.69) is 17.5 Å². The minimum atomic E-state index is -1.02. The minimum Gasteiger partial charge on any atom is -0.481 e. The van der Waals surface area contributed by atoms with E-state index < -0.39 is 11.9 Å². The van der Waals surface area contributed by atoms with Crippen molar-refractivity contribution in [1.29, 1.82) is 0 Å². The van der Waals surface area contributed by atoms with Gasteiger partial charge in [-0.05, 0) is 47.9 Å². The van der Waals surface area contributed by atoms with E-state index in [0.29, 0.717) is 12.8 Å². The van der Waals surface area contributed by atoms with Crippen molar-refractivity contribution in [3.8, 4) is 11.1 Å². The number of hydrogen-bond donors (Lipinski definition) is 2. The molecule has 0 spiro atoms. The Morgan fingerprint density at radius 3 is 2.34 bits per heavy atom. The van der Waals surface area contributed by atoms with Gasteiger partial charge in [0.15, 0.2) is 0 Å². The summed E-state index contributed by atoms with van der Waals surface area (Å²) in [4.78, 5) is 35.8. The highest BCUT2D eigenvalue weighted by Crippen LogP contribution is 2.21. The molecule has 1 aliphatic carbocycles. The van der Waals surface area contributed by atoms with E-state index in [1.807, 2.05) is 60.7 Å². The number of carbonyl (C=O) groups is 3. The van der Waals surface area contributed by atoms with Crippen molar-refractivity contribution in [1.82, 2.24) is 5.32 Å². The van der Waals surface area contributed by atoms with Gasteiger partial charge in [0.05, 0.1) is 12.3 Å². The lowest BCUT2D eigenvalue weighted by Gasteiger charge is -2.22. The van der Waals surface area contributed by atoms with Crippen molar-refractivity contribution in [2.45, 2.75) is 51.5 Å². The summed E-state index contributed by atoms with van der Waals surface area (Å²) < 4.78 is 5.49. The molecule has 0 aliphatic heterocycles. The van der Waals surface area contributed by atoms with Crippen molar-refractivity contribution >= 4 is 17.8 Å². The van der Waals surface area contributed by atoms with Gasteiger partial charge < -0.3 is 15.2 Å². The number of carboxylic acid groups (broad SMARTS) is 1. The van der Waals surface area contributed by atoms with Gasteiger partial charge in [0.1, 0.15) is 6.61 Å². The van der Waals surface area contributed by atoms with Gasteiger partial charge in [-0.15, -0.1) is 0 Å². The van der Waals surface area contributed by atoms with Crippen molar-refractivity contribution in [3.05, 3.63) is 84.0 Å². The SMILES string of the molecule is C[C@H](C[C@@H](Cc1ccc(-c2ccccc2)cc1)NC(=O)CCC(=O)O)C(=O)OCC1=CCCC=C1. The fourth-order valence-electron chi connectivity index (χ4n) is 4.06. The molecule has 3 rings (SSSR count). The van der Waals surface area contributed by atoms with E-state index >= 15 is 0 Å². The molecule has 0 heterocycles. The third kappa shape index (κ3) is 8.89. The number of benzene rings is 2. The molecule has 184 valence electrons. The van der Waals surface area contributed by atoms with Crippen LogP contribution in [-0.2, 0) is 25.5 Å². The van der Waals surface area contributed by atoms with Crippen LogP contribution in [0.3, 0.4) is 0 Å². The van der Waals surface area contributed by atoms with Gasteiger partial charge in [0, 0.05) is 12.5 Å². The molecule has 0 saturated carbocycles. The third-order valence-corrected chi connectivity index (χ3v) is 5.97. The van der Waals surface area contributed by atoms with E-state index in [1.165, 1.54) is 0 Å². The van der Waals surface area contributed by atoms with Crippen LogP contribution in [-0.4, -0.2) is 35.6 Å². The zero-order chi connectivity index (χ0) is 25.0. The monoisotopic (exact) mass is 475 g/mol. The van der Waals surface area contributed by atoms with E-state index in [9.17, 15) is 14.4 Å². The molecule has 6 heteroatoms. The van der Waals surface area contributed by atoms with Crippen LogP contribution in [0.2, 0.25) is 0 Å². The molecule has 0 fully saturated rings. The number of carboxylic acids is 1. The summed E-state index contributed by atoms with van der Waals surface area (Å²) in [5.41, 5.74) is 4.23. The Bertz CT molecular complexity index is 1060. The molecule has 35 heavy (non-hydrogen) atoms. The average Bonchev–Trinajstić information content (AvgIpc) is 2.87. The number of carbonyl (C=O) groups excluding carboxylic acids is 2. The molecular formula is C29H33NO5. The molecular weight excluding hydrogens is 442 g/mol. The molecule has 6 nitrogen and oxygen atoms in total. The fraction of sp³-hybridized carbons (Fsp3) is 0.345. The second-order valence-electron chi connectivity index (χ2n) is 8.93. The van der Waals surface area contributed by atoms with Gasteiger partial charge in [0.25, 0.3) is 0 Å². The molecule has 0 radical (unpaired) electrons. The Hall–Kier alpha value is -3.67. The Morgan fingerprint density at radius 1 is 0.971 bits per heavy atom. The summed E-state index contributed by atoms with van der Waals surface area (Å²) >= 11 is 0. The molecule has 2 aromatic rings. The van der Waals surface area contributed by atoms with Crippen LogP contribution in [0, 0.1) is 5.92 Å². The first kappa shape index (κ1) is 25.9. The summed E-state index contributed by atoms with van der Waals surface area (Å²) in [5, 5.41) is 11.8. The van der Waals surface area contributed by atoms with Crippen molar-refractivity contribution in [2.75, 3.05) is 6.61 Å². The first-order valence-corrected chi connectivity index (χ1v) is 12.1. The van der Waals surface area contributed by atoms with Gasteiger partial charge >= 0.3 is 11.9 Å². The second kappa shape index (κ2) is 13.3. The number of hydrogen-bond acceptors (Lipinski definition) is 4. The van der Waals surface area contributed by atoms with Crippen LogP contribution < -0.4 is 5.32 Å². The van der Waals surface area contributed by atoms with Crippen LogP contribution in [0.4, 0.5) is 0 Å². The predicted octanol–water partition coefficient (Wildman–Crippen LogP) is 5.09. The lowest BCUT2D eigenvalue weighted by molar-refractivity contribution is -0.147. The molecule has 1 aliphatic rings. The predicted molar refractivity (Wildman–Crippen MR) is 136 cm³/mol. The maximum Gasteiger partial charge on any atom is 0.309 e. The molecule has 1 amide bonds. The van der Waals surface area contributed by atoms with Gasteiger partial charge in [-0.25, -0.2) is 0 Å². The molecule has 2 N–H and O–H groups in total. The first-order chi connectivity index (χ1) is 16.9. The summed E-state index contributed by atoms with van der Waals surface area (Å²) in [6.45, 7) is 2.04. The highest BCUT2D eigenvalue weighted by Gasteiger charge is 2.22. The van der Waals surface area contributed by atoms with Crippen LogP contribution in [0.1, 0.15) is 44.6 Å². The van der Waals surface area contributed by atoms with Gasteiger partial charge in [-0.3, -0.25) is 14.4 Å². The fourth-order valence-corrected chi connectivity index (χ4v) is 4.06. The average molecular weight is 476 g/mol. The van der Waals surface area contributed by atoms with Crippen molar-refractivity contribution in [3.63, 3.8) is 0 Å². The molecule has 2 aromatic carbocycles. The van der Waals surface area contributed by atoms with Gasteiger partial charge in [0.2, 0.25) is 5.91 Å². The van der Waals surface area contributed by atoms with Crippen LogP contribution in [0.5, 0.6) is 0 Å². The second-order valence-corrected chi connectivity index (χ2v) is 8.93. The smallest absolute Gasteiger partial charge is 0.309 e. The first-order valence-electron chi connectivity index (χ1n) is 12.1. The third-order valence-electron chi connectivity index (χ3n) is 5.97. The Balaban J connectivity index is 1.62. The molecule has 2 atom stereocenters. The van der Waals surface area contributed by atoms with E-state index in [-0.39, 0.29) is 37.4 Å². The lowest BCUT2D eigenvalue weighted by atomic mass is 9.94. The summed E-state index contributed by atoms with van der Waals surface area (Å²) in [7, 11) is 0. The zero-order valence-corrected chi connectivity index (χ0v) is 20.1. The topological polar surface area (TPSA) is 92.7 Å². The maximum atomic E-state index is 12.6. The Morgan fingerprint density at radius 2 is 1.69 bits per heavy atom. The quantitative estimate of drug-likeness (QED) is 0.417. The maximum absolute atomic E-state index is 12.6. The number of ether oxygens (including phenoxy) is 1. The highest BCUT2D eigenvalue weighted by molar-refractivity contribution is 5.81. The van der Waals surface area contributed by atoms with Gasteiger partial charge in [-0.2, -0.15) is 0 Å². The summed E-state index contributed by atoms with van der Waals surface area (Å²) in [6, 6.07) is 17.8. The molecule has 0 aromatic heterocycles. The van der Waals surface area contributed by atoms with E-state index in [4.69, 9.17) is 9.84 Å². The van der Waals surface area contributed by atoms with Gasteiger partial charge in [-0.1, -0.05) is 79.7 Å². The largest absolute Gasteiger partial charge is 0.481 e. The number of esters is 1. The molecule has 0 bridgehead atoms. The standard InChI is InChI=1S/C29H33NO5/c1-21(29(34)35-20-23-8-4-2-5-9-23)18-26(30-27(31)16-17-28(32)33)19-22-12-14-25(15-13-22)24-10-6-3-7-11-24/h3-4,6-15,21,26H,2,5,16-20H2,1H3,(H,30,31)(H,32,33)/t21-,26+/m1/s1. The molecule has 0 saturated heterocycles. The van der Waals surface area contributed by atoms with Crippen molar-refractivity contribution < 1.29 is 24.2 Å². The number of aliphatic carboxylic acids is 1.